The molecule has 0 aliphatic heterocycles. The van der Waals surface area contributed by atoms with Gasteiger partial charge in [0.05, 0.1) is 10.5 Å². The zero-order valence-electron chi connectivity index (χ0n) is 11.0. The van der Waals surface area contributed by atoms with Crippen molar-refractivity contribution in [1.29, 1.82) is 0 Å². The molecule has 0 aromatic heterocycles. The maximum absolute atomic E-state index is 11.8. The quantitative estimate of drug-likeness (QED) is 0.750. The van der Waals surface area contributed by atoms with Gasteiger partial charge in [0.2, 0.25) is 0 Å². The van der Waals surface area contributed by atoms with E-state index in [2.05, 4.69) is 5.32 Å². The second kappa shape index (κ2) is 5.48. The molecule has 0 heterocycles. The molecule has 0 radical (unpaired) electrons. The molecule has 1 saturated carbocycles. The molecule has 1 fully saturated rings. The maximum Gasteiger partial charge on any atom is 0.155 e. The minimum absolute atomic E-state index is 0.0290. The molecule has 100 valence electrons. The van der Waals surface area contributed by atoms with Crippen LogP contribution in [0.3, 0.4) is 0 Å². The molecule has 0 amide bonds. The topological polar surface area (TPSA) is 63.2 Å². The van der Waals surface area contributed by atoms with Crippen molar-refractivity contribution in [2.75, 3.05) is 12.3 Å². The molecule has 1 N–H and O–H groups in total. The Morgan fingerprint density at radius 3 is 2.29 bits per heavy atom. The van der Waals surface area contributed by atoms with E-state index in [9.17, 15) is 13.2 Å². The van der Waals surface area contributed by atoms with Crippen LogP contribution in [0.1, 0.15) is 46.5 Å². The first-order valence-corrected chi connectivity index (χ1v) is 7.85. The lowest BCUT2D eigenvalue weighted by molar-refractivity contribution is -0.118. The van der Waals surface area contributed by atoms with Crippen molar-refractivity contribution in [3.05, 3.63) is 0 Å². The molecule has 0 spiro atoms. The number of rotatable bonds is 7. The average Bonchev–Trinajstić information content (AvgIpc) is 2.97. The fraction of sp³-hybridized carbons (Fsp3) is 0.917. The van der Waals surface area contributed by atoms with Crippen LogP contribution in [0.5, 0.6) is 0 Å². The van der Waals surface area contributed by atoms with Gasteiger partial charge in [-0.1, -0.05) is 0 Å². The number of hydrogen-bond acceptors (Lipinski definition) is 4. The smallest absolute Gasteiger partial charge is 0.155 e. The fourth-order valence-electron chi connectivity index (χ4n) is 1.38. The van der Waals surface area contributed by atoms with Crippen LogP contribution in [0, 0.1) is 0 Å². The molecule has 1 aliphatic rings. The van der Waals surface area contributed by atoms with Crippen LogP contribution in [0.4, 0.5) is 0 Å². The molecule has 0 aromatic carbocycles. The van der Waals surface area contributed by atoms with Crippen molar-refractivity contribution in [3.8, 4) is 0 Å². The van der Waals surface area contributed by atoms with Crippen LogP contribution < -0.4 is 5.32 Å². The third-order valence-electron chi connectivity index (χ3n) is 3.00. The second-order valence-electron chi connectivity index (χ2n) is 5.70. The van der Waals surface area contributed by atoms with Crippen LogP contribution in [0.15, 0.2) is 0 Å². The van der Waals surface area contributed by atoms with Gasteiger partial charge in [0.15, 0.2) is 9.84 Å². The van der Waals surface area contributed by atoms with E-state index in [-0.39, 0.29) is 18.0 Å². The van der Waals surface area contributed by atoms with Crippen molar-refractivity contribution in [2.45, 2.75) is 57.2 Å². The number of ketones is 1. The maximum atomic E-state index is 11.8. The zero-order valence-corrected chi connectivity index (χ0v) is 11.8. The predicted molar refractivity (Wildman–Crippen MR) is 68.8 cm³/mol. The fourth-order valence-corrected chi connectivity index (χ4v) is 2.49. The Hall–Kier alpha value is -0.420. The van der Waals surface area contributed by atoms with Crippen molar-refractivity contribution >= 4 is 15.6 Å². The largest absolute Gasteiger partial charge is 0.314 e. The number of carbonyl (C=O) groups is 1. The van der Waals surface area contributed by atoms with Gasteiger partial charge < -0.3 is 5.32 Å². The third-order valence-corrected chi connectivity index (χ3v) is 5.60. The highest BCUT2D eigenvalue weighted by Crippen LogP contribution is 2.19. The van der Waals surface area contributed by atoms with Gasteiger partial charge >= 0.3 is 0 Å². The first kappa shape index (κ1) is 14.6. The molecule has 1 rings (SSSR count). The molecular weight excluding hydrogens is 238 g/mol. The lowest BCUT2D eigenvalue weighted by Crippen LogP contribution is -2.31. The number of nitrogens with one attached hydrogen (secondary N) is 1. The lowest BCUT2D eigenvalue weighted by Gasteiger charge is -2.18. The summed E-state index contributed by atoms with van der Waals surface area (Å²) in [6.45, 7) is 5.68. The average molecular weight is 261 g/mol. The van der Waals surface area contributed by atoms with Gasteiger partial charge in [-0.15, -0.1) is 0 Å². The van der Waals surface area contributed by atoms with Crippen molar-refractivity contribution in [1.82, 2.24) is 5.32 Å². The number of carbonyl (C=O) groups excluding carboxylic acids is 1. The van der Waals surface area contributed by atoms with E-state index in [1.54, 1.807) is 20.8 Å². The van der Waals surface area contributed by atoms with Crippen LogP contribution in [0.25, 0.3) is 0 Å². The zero-order chi connectivity index (χ0) is 13.1. The summed E-state index contributed by atoms with van der Waals surface area (Å²) >= 11 is 0. The van der Waals surface area contributed by atoms with Gasteiger partial charge in [0, 0.05) is 25.4 Å². The van der Waals surface area contributed by atoms with Gasteiger partial charge in [-0.2, -0.15) is 0 Å². The molecule has 0 unspecified atom stereocenters. The Labute approximate surface area is 104 Å². The summed E-state index contributed by atoms with van der Waals surface area (Å²) in [5, 5.41) is 3.24. The minimum Gasteiger partial charge on any atom is -0.314 e. The van der Waals surface area contributed by atoms with E-state index in [4.69, 9.17) is 0 Å². The highest BCUT2D eigenvalue weighted by molar-refractivity contribution is 7.92. The Morgan fingerprint density at radius 2 is 1.82 bits per heavy atom. The summed E-state index contributed by atoms with van der Waals surface area (Å²) in [6.07, 6.45) is 2.99. The van der Waals surface area contributed by atoms with Gasteiger partial charge in [0.1, 0.15) is 5.78 Å². The first-order chi connectivity index (χ1) is 7.72. The summed E-state index contributed by atoms with van der Waals surface area (Å²) in [4.78, 5) is 11.5. The van der Waals surface area contributed by atoms with E-state index < -0.39 is 14.6 Å². The standard InChI is InChI=1S/C12H23NO3S/c1-12(2,3)17(15,16)9-7-11(14)6-8-13-10-4-5-10/h10,13H,4-9H2,1-3H3. The molecule has 0 aromatic rings. The van der Waals surface area contributed by atoms with E-state index in [0.29, 0.717) is 19.0 Å². The Morgan fingerprint density at radius 1 is 1.24 bits per heavy atom. The predicted octanol–water partition coefficient (Wildman–Crippen LogP) is 1.30. The molecule has 0 atom stereocenters. The van der Waals surface area contributed by atoms with Crippen molar-refractivity contribution in [3.63, 3.8) is 0 Å². The molecule has 0 saturated heterocycles. The van der Waals surface area contributed by atoms with Crippen molar-refractivity contribution < 1.29 is 13.2 Å². The normalized spacial score (nSPS) is 17.1. The highest BCUT2D eigenvalue weighted by Gasteiger charge is 2.29. The molecular formula is C12H23NO3S. The number of hydrogen-bond donors (Lipinski definition) is 1. The molecule has 17 heavy (non-hydrogen) atoms. The summed E-state index contributed by atoms with van der Waals surface area (Å²) < 4.78 is 22.8. The van der Waals surface area contributed by atoms with Crippen LogP contribution in [-0.2, 0) is 14.6 Å². The van der Waals surface area contributed by atoms with Gasteiger partial charge in [-0.05, 0) is 33.6 Å². The molecule has 5 heteroatoms. The molecule has 1 aliphatic carbocycles. The summed E-state index contributed by atoms with van der Waals surface area (Å²) in [7, 11) is -3.16. The van der Waals surface area contributed by atoms with Gasteiger partial charge in [-0.3, -0.25) is 4.79 Å². The van der Waals surface area contributed by atoms with Crippen LogP contribution >= 0.6 is 0 Å². The van der Waals surface area contributed by atoms with E-state index in [1.165, 1.54) is 12.8 Å². The van der Waals surface area contributed by atoms with Gasteiger partial charge in [0.25, 0.3) is 0 Å². The highest BCUT2D eigenvalue weighted by atomic mass is 32.2. The Balaban J connectivity index is 2.22. The summed E-state index contributed by atoms with van der Waals surface area (Å²) in [5.74, 6) is 0.00430. The molecule has 4 nitrogen and oxygen atoms in total. The Bertz CT molecular complexity index is 364. The summed E-state index contributed by atoms with van der Waals surface area (Å²) in [6, 6.07) is 0.598. The van der Waals surface area contributed by atoms with Crippen LogP contribution in [0.2, 0.25) is 0 Å². The van der Waals surface area contributed by atoms with Crippen molar-refractivity contribution in [2.24, 2.45) is 0 Å². The Kier molecular flexibility index (Phi) is 4.72. The van der Waals surface area contributed by atoms with E-state index in [1.807, 2.05) is 0 Å². The van der Waals surface area contributed by atoms with E-state index in [0.717, 1.165) is 0 Å². The third kappa shape index (κ3) is 5.17. The lowest BCUT2D eigenvalue weighted by atomic mass is 10.2. The minimum atomic E-state index is -3.16. The summed E-state index contributed by atoms with van der Waals surface area (Å²) in [5.41, 5.74) is 0. The van der Waals surface area contributed by atoms with E-state index >= 15 is 0 Å². The van der Waals surface area contributed by atoms with Crippen LogP contribution in [-0.4, -0.2) is 37.3 Å². The SMILES string of the molecule is CC(C)(C)S(=O)(=O)CCC(=O)CCNC1CC1. The first-order valence-electron chi connectivity index (χ1n) is 6.20. The monoisotopic (exact) mass is 261 g/mol. The number of sulfone groups is 1. The molecule has 0 bridgehead atoms. The second-order valence-corrected chi connectivity index (χ2v) is 8.56. The van der Waals surface area contributed by atoms with Gasteiger partial charge in [-0.25, -0.2) is 8.42 Å². The number of Topliss-reactive ketones (excluding diaryl/α,β-unsaturated/α-hetero) is 1.